The van der Waals surface area contributed by atoms with E-state index in [1.54, 1.807) is 12.3 Å². The van der Waals surface area contributed by atoms with Crippen molar-refractivity contribution in [2.75, 3.05) is 5.01 Å². The Morgan fingerprint density at radius 3 is 2.26 bits per heavy atom. The number of hydrazone groups is 2. The molecule has 0 unspecified atom stereocenters. The predicted octanol–water partition coefficient (Wildman–Crippen LogP) is 6.57. The van der Waals surface area contributed by atoms with Crippen LogP contribution >= 0.6 is 15.9 Å². The Bertz CT molecular complexity index is 1370. The first-order valence-electron chi connectivity index (χ1n) is 11.3. The average molecular weight is 523 g/mol. The Kier molecular flexibility index (Phi) is 6.82. The zero-order chi connectivity index (χ0) is 24.0. The average Bonchev–Trinajstić information content (AvgIpc) is 3.36. The van der Waals surface area contributed by atoms with Gasteiger partial charge in [-0.2, -0.15) is 10.2 Å². The summed E-state index contributed by atoms with van der Waals surface area (Å²) < 4.78 is 0.728. The molecule has 1 amide bonds. The van der Waals surface area contributed by atoms with E-state index >= 15 is 0 Å². The van der Waals surface area contributed by atoms with Gasteiger partial charge in [-0.15, -0.1) is 0 Å². The minimum atomic E-state index is -0.268. The molecule has 0 spiro atoms. The van der Waals surface area contributed by atoms with Crippen LogP contribution in [-0.4, -0.2) is 17.8 Å². The third-order valence-corrected chi connectivity index (χ3v) is 6.55. The van der Waals surface area contributed by atoms with Crippen molar-refractivity contribution in [3.63, 3.8) is 0 Å². The minimum Gasteiger partial charge on any atom is -0.267 e. The molecule has 1 atom stereocenters. The van der Waals surface area contributed by atoms with E-state index in [0.717, 1.165) is 33.4 Å². The lowest BCUT2D eigenvalue weighted by Crippen LogP contribution is -2.18. The fraction of sp³-hybridized carbons (Fsp3) is 0.0690. The zero-order valence-corrected chi connectivity index (χ0v) is 20.5. The van der Waals surface area contributed by atoms with Gasteiger partial charge in [-0.3, -0.25) is 9.80 Å². The molecule has 4 aromatic carbocycles. The molecule has 0 saturated carbocycles. The van der Waals surface area contributed by atoms with Crippen LogP contribution in [0.15, 0.2) is 124 Å². The number of amides is 1. The van der Waals surface area contributed by atoms with Gasteiger partial charge < -0.3 is 0 Å². The molecule has 5 rings (SSSR count). The van der Waals surface area contributed by atoms with Gasteiger partial charge in [-0.25, -0.2) is 5.43 Å². The zero-order valence-electron chi connectivity index (χ0n) is 18.9. The maximum absolute atomic E-state index is 12.3. The largest absolute Gasteiger partial charge is 0.272 e. The summed E-state index contributed by atoms with van der Waals surface area (Å²) in [6.45, 7) is 0. The highest BCUT2D eigenvalue weighted by Crippen LogP contribution is 2.36. The monoisotopic (exact) mass is 522 g/mol. The van der Waals surface area contributed by atoms with E-state index in [9.17, 15) is 4.79 Å². The van der Waals surface area contributed by atoms with E-state index in [1.165, 1.54) is 5.56 Å². The summed E-state index contributed by atoms with van der Waals surface area (Å²) in [5, 5.41) is 11.2. The Balaban J connectivity index is 1.34. The second-order valence-electron chi connectivity index (χ2n) is 8.16. The van der Waals surface area contributed by atoms with E-state index in [1.807, 2.05) is 66.7 Å². The van der Waals surface area contributed by atoms with Gasteiger partial charge in [-0.1, -0.05) is 84.9 Å². The van der Waals surface area contributed by atoms with Gasteiger partial charge in [0.25, 0.3) is 5.91 Å². The smallest absolute Gasteiger partial charge is 0.267 e. The molecule has 1 N–H and O–H groups in total. The molecule has 0 radical (unpaired) electrons. The van der Waals surface area contributed by atoms with Gasteiger partial charge in [-0.05, 0) is 56.9 Å². The van der Waals surface area contributed by atoms with Crippen LogP contribution in [-0.2, 0) is 0 Å². The number of carbonyl (C=O) groups is 1. The molecule has 0 bridgehead atoms. The fourth-order valence-electron chi connectivity index (χ4n) is 4.07. The number of rotatable bonds is 6. The Labute approximate surface area is 212 Å². The van der Waals surface area contributed by atoms with Gasteiger partial charge in [0.05, 0.1) is 29.2 Å². The van der Waals surface area contributed by atoms with Crippen LogP contribution in [0.4, 0.5) is 5.69 Å². The lowest BCUT2D eigenvalue weighted by atomic mass is 9.98. The highest BCUT2D eigenvalue weighted by atomic mass is 79.9. The molecule has 5 nitrogen and oxygen atoms in total. The lowest BCUT2D eigenvalue weighted by molar-refractivity contribution is 0.0954. The van der Waals surface area contributed by atoms with Crippen LogP contribution in [0.2, 0.25) is 0 Å². The van der Waals surface area contributed by atoms with Crippen molar-refractivity contribution in [1.82, 2.24) is 5.43 Å². The van der Waals surface area contributed by atoms with E-state index in [0.29, 0.717) is 5.56 Å². The first-order valence-corrected chi connectivity index (χ1v) is 12.1. The molecule has 0 aliphatic carbocycles. The summed E-state index contributed by atoms with van der Waals surface area (Å²) in [5.74, 6) is -0.268. The first-order chi connectivity index (χ1) is 17.2. The number of hydrogen-bond acceptors (Lipinski definition) is 4. The summed E-state index contributed by atoms with van der Waals surface area (Å²) in [4.78, 5) is 12.3. The minimum absolute atomic E-state index is 0.120. The summed E-state index contributed by atoms with van der Waals surface area (Å²) in [7, 11) is 0. The highest BCUT2D eigenvalue weighted by molar-refractivity contribution is 9.10. The molecular weight excluding hydrogens is 500 g/mol. The standard InChI is InChI=1S/C29H23BrN4O/c30-26-14-8-7-13-25(26)29(35)32-31-20-21-15-17-24(18-16-21)34-28(23-11-5-2-6-12-23)19-27(33-34)22-9-3-1-4-10-22/h1-18,20,28H,19H2,(H,32,35)/b31-20-/t28-/m1/s1. The Hall–Kier alpha value is -4.03. The van der Waals surface area contributed by atoms with Crippen LogP contribution in [0.5, 0.6) is 0 Å². The quantitative estimate of drug-likeness (QED) is 0.230. The van der Waals surface area contributed by atoms with E-state index in [-0.39, 0.29) is 11.9 Å². The van der Waals surface area contributed by atoms with Crippen LogP contribution in [0.25, 0.3) is 0 Å². The lowest BCUT2D eigenvalue weighted by Gasteiger charge is -2.24. The molecule has 0 saturated heterocycles. The van der Waals surface area contributed by atoms with Gasteiger partial charge in [0.2, 0.25) is 0 Å². The van der Waals surface area contributed by atoms with Gasteiger partial charge in [0, 0.05) is 10.9 Å². The molecule has 172 valence electrons. The molecule has 4 aromatic rings. The SMILES string of the molecule is O=C(N/N=C\c1ccc(N2N=C(c3ccccc3)C[C@@H]2c2ccccc2)cc1)c1ccccc1Br. The van der Waals surface area contributed by atoms with Gasteiger partial charge in [0.15, 0.2) is 0 Å². The summed E-state index contributed by atoms with van der Waals surface area (Å²) in [6, 6.07) is 36.1. The van der Waals surface area contributed by atoms with Gasteiger partial charge >= 0.3 is 0 Å². The van der Waals surface area contributed by atoms with Crippen molar-refractivity contribution in [2.24, 2.45) is 10.2 Å². The third-order valence-electron chi connectivity index (χ3n) is 5.86. The predicted molar refractivity (Wildman–Crippen MR) is 145 cm³/mol. The molecule has 1 aliphatic rings. The maximum Gasteiger partial charge on any atom is 0.272 e. The van der Waals surface area contributed by atoms with Crippen molar-refractivity contribution in [1.29, 1.82) is 0 Å². The molecule has 35 heavy (non-hydrogen) atoms. The summed E-state index contributed by atoms with van der Waals surface area (Å²) in [6.07, 6.45) is 2.47. The second kappa shape index (κ2) is 10.5. The van der Waals surface area contributed by atoms with E-state index in [4.69, 9.17) is 5.10 Å². The Morgan fingerprint density at radius 1 is 0.886 bits per heavy atom. The van der Waals surface area contributed by atoms with Crippen LogP contribution in [0.3, 0.4) is 0 Å². The number of carbonyl (C=O) groups excluding carboxylic acids is 1. The molecule has 0 fully saturated rings. The maximum atomic E-state index is 12.3. The fourth-order valence-corrected chi connectivity index (χ4v) is 4.54. The van der Waals surface area contributed by atoms with Crippen LogP contribution in [0.1, 0.15) is 39.5 Å². The van der Waals surface area contributed by atoms with E-state index in [2.05, 4.69) is 67.9 Å². The summed E-state index contributed by atoms with van der Waals surface area (Å²) in [5.41, 5.74) is 8.43. The van der Waals surface area contributed by atoms with Crippen LogP contribution < -0.4 is 10.4 Å². The molecule has 1 aliphatic heterocycles. The first kappa shape index (κ1) is 22.7. The number of benzene rings is 4. The Morgan fingerprint density at radius 2 is 1.54 bits per heavy atom. The number of hydrogen-bond donors (Lipinski definition) is 1. The van der Waals surface area contributed by atoms with Gasteiger partial charge in [0.1, 0.15) is 0 Å². The second-order valence-corrected chi connectivity index (χ2v) is 9.01. The van der Waals surface area contributed by atoms with E-state index < -0.39 is 0 Å². The molecule has 1 heterocycles. The third kappa shape index (κ3) is 5.23. The number of halogens is 1. The molecule has 0 aromatic heterocycles. The van der Waals surface area contributed by atoms with Crippen molar-refractivity contribution in [3.8, 4) is 0 Å². The number of nitrogens with zero attached hydrogens (tertiary/aromatic N) is 3. The number of anilines is 1. The normalized spacial score (nSPS) is 15.3. The van der Waals surface area contributed by atoms with Crippen LogP contribution in [0, 0.1) is 0 Å². The van der Waals surface area contributed by atoms with Crippen molar-refractivity contribution < 1.29 is 4.79 Å². The molecule has 6 heteroatoms. The van der Waals surface area contributed by atoms with Crippen molar-refractivity contribution >= 4 is 39.5 Å². The highest BCUT2D eigenvalue weighted by Gasteiger charge is 2.29. The topological polar surface area (TPSA) is 57.1 Å². The molecular formula is C29H23BrN4O. The summed E-state index contributed by atoms with van der Waals surface area (Å²) >= 11 is 3.39. The van der Waals surface area contributed by atoms with Crippen molar-refractivity contribution in [3.05, 3.63) is 136 Å². The number of nitrogens with one attached hydrogen (secondary N) is 1. The van der Waals surface area contributed by atoms with Crippen molar-refractivity contribution in [2.45, 2.75) is 12.5 Å².